The summed E-state index contributed by atoms with van der Waals surface area (Å²) in [7, 11) is 0. The molecule has 20 heavy (non-hydrogen) atoms. The Hall–Kier alpha value is -1.39. The highest BCUT2D eigenvalue weighted by Crippen LogP contribution is 2.21. The van der Waals surface area contributed by atoms with Gasteiger partial charge in [-0.05, 0) is 30.9 Å². The first kappa shape index (κ1) is 15.0. The fraction of sp³-hybridized carbons (Fsp3) is 0.562. The SMILES string of the molecule is CCC(CNC(=O)[C@@H](C)N)N1CCc2ccccc2C1. The van der Waals surface area contributed by atoms with Crippen LogP contribution in [0, 0.1) is 0 Å². The Balaban J connectivity index is 1.94. The zero-order valence-corrected chi connectivity index (χ0v) is 12.4. The van der Waals surface area contributed by atoms with E-state index >= 15 is 0 Å². The molecule has 0 radical (unpaired) electrons. The van der Waals surface area contributed by atoms with E-state index in [1.54, 1.807) is 6.92 Å². The van der Waals surface area contributed by atoms with Crippen molar-refractivity contribution in [2.75, 3.05) is 13.1 Å². The van der Waals surface area contributed by atoms with Gasteiger partial charge in [-0.1, -0.05) is 31.2 Å². The topological polar surface area (TPSA) is 58.4 Å². The van der Waals surface area contributed by atoms with E-state index in [9.17, 15) is 4.79 Å². The molecule has 1 aromatic carbocycles. The summed E-state index contributed by atoms with van der Waals surface area (Å²) in [6.07, 6.45) is 2.12. The molecule has 0 saturated heterocycles. The largest absolute Gasteiger partial charge is 0.353 e. The van der Waals surface area contributed by atoms with Crippen molar-refractivity contribution in [2.45, 2.75) is 45.3 Å². The molecule has 1 heterocycles. The van der Waals surface area contributed by atoms with Crippen LogP contribution >= 0.6 is 0 Å². The van der Waals surface area contributed by atoms with Gasteiger partial charge in [0.2, 0.25) is 5.91 Å². The van der Waals surface area contributed by atoms with Crippen molar-refractivity contribution in [1.29, 1.82) is 0 Å². The maximum absolute atomic E-state index is 11.6. The summed E-state index contributed by atoms with van der Waals surface area (Å²) in [5.74, 6) is -0.0686. The summed E-state index contributed by atoms with van der Waals surface area (Å²) >= 11 is 0. The van der Waals surface area contributed by atoms with E-state index in [-0.39, 0.29) is 5.91 Å². The van der Waals surface area contributed by atoms with Crippen LogP contribution in [0.25, 0.3) is 0 Å². The summed E-state index contributed by atoms with van der Waals surface area (Å²) < 4.78 is 0. The number of carbonyl (C=O) groups excluding carboxylic acids is 1. The second-order valence-corrected chi connectivity index (χ2v) is 5.59. The molecule has 0 spiro atoms. The van der Waals surface area contributed by atoms with Crippen molar-refractivity contribution < 1.29 is 4.79 Å². The average molecular weight is 275 g/mol. The van der Waals surface area contributed by atoms with E-state index in [1.807, 2.05) is 0 Å². The Morgan fingerprint density at radius 1 is 1.40 bits per heavy atom. The van der Waals surface area contributed by atoms with Gasteiger partial charge < -0.3 is 11.1 Å². The van der Waals surface area contributed by atoms with E-state index in [1.165, 1.54) is 11.1 Å². The molecule has 1 amide bonds. The molecule has 0 bridgehead atoms. The van der Waals surface area contributed by atoms with E-state index in [0.717, 1.165) is 25.9 Å². The molecule has 1 aliphatic heterocycles. The molecule has 0 saturated carbocycles. The summed E-state index contributed by atoms with van der Waals surface area (Å²) in [6, 6.07) is 8.57. The smallest absolute Gasteiger partial charge is 0.236 e. The quantitative estimate of drug-likeness (QED) is 0.851. The molecule has 4 nitrogen and oxygen atoms in total. The number of hydrogen-bond acceptors (Lipinski definition) is 3. The second kappa shape index (κ2) is 6.86. The second-order valence-electron chi connectivity index (χ2n) is 5.59. The fourth-order valence-corrected chi connectivity index (χ4v) is 2.74. The van der Waals surface area contributed by atoms with Crippen LogP contribution in [-0.2, 0) is 17.8 Å². The maximum atomic E-state index is 11.6. The lowest BCUT2D eigenvalue weighted by Crippen LogP contribution is -2.48. The van der Waals surface area contributed by atoms with Crippen molar-refractivity contribution >= 4 is 5.91 Å². The van der Waals surface area contributed by atoms with Gasteiger partial charge in [0.15, 0.2) is 0 Å². The van der Waals surface area contributed by atoms with Crippen LogP contribution in [0.4, 0.5) is 0 Å². The van der Waals surface area contributed by atoms with Gasteiger partial charge in [0, 0.05) is 25.7 Å². The predicted molar refractivity (Wildman–Crippen MR) is 81.3 cm³/mol. The molecule has 4 heteroatoms. The molecule has 1 aliphatic rings. The first-order chi connectivity index (χ1) is 9.61. The van der Waals surface area contributed by atoms with Crippen molar-refractivity contribution in [3.63, 3.8) is 0 Å². The Kier molecular flexibility index (Phi) is 5.15. The third kappa shape index (κ3) is 3.58. The monoisotopic (exact) mass is 275 g/mol. The molecule has 0 fully saturated rings. The van der Waals surface area contributed by atoms with Crippen molar-refractivity contribution in [2.24, 2.45) is 5.73 Å². The molecule has 110 valence electrons. The lowest BCUT2D eigenvalue weighted by molar-refractivity contribution is -0.122. The fourth-order valence-electron chi connectivity index (χ4n) is 2.74. The zero-order chi connectivity index (χ0) is 14.5. The normalized spacial score (nSPS) is 18.1. The Morgan fingerprint density at radius 3 is 2.75 bits per heavy atom. The predicted octanol–water partition coefficient (Wildman–Crippen LogP) is 1.29. The van der Waals surface area contributed by atoms with Crippen molar-refractivity contribution in [3.8, 4) is 0 Å². The van der Waals surface area contributed by atoms with Gasteiger partial charge in [-0.3, -0.25) is 9.69 Å². The van der Waals surface area contributed by atoms with Crippen LogP contribution in [0.5, 0.6) is 0 Å². The standard InChI is InChI=1S/C16H25N3O/c1-3-15(10-18-16(20)12(2)17)19-9-8-13-6-4-5-7-14(13)11-19/h4-7,12,15H,3,8-11,17H2,1-2H3,(H,18,20)/t12-,15?/m1/s1. The minimum atomic E-state index is -0.436. The lowest BCUT2D eigenvalue weighted by atomic mass is 9.98. The molecular formula is C16H25N3O. The third-order valence-electron chi connectivity index (χ3n) is 4.07. The number of hydrogen-bond donors (Lipinski definition) is 2. The lowest BCUT2D eigenvalue weighted by Gasteiger charge is -2.35. The van der Waals surface area contributed by atoms with Gasteiger partial charge in [-0.2, -0.15) is 0 Å². The third-order valence-corrected chi connectivity index (χ3v) is 4.07. The first-order valence-corrected chi connectivity index (χ1v) is 7.46. The van der Waals surface area contributed by atoms with Gasteiger partial charge in [0.1, 0.15) is 0 Å². The summed E-state index contributed by atoms with van der Waals surface area (Å²) in [4.78, 5) is 14.1. The van der Waals surface area contributed by atoms with E-state index < -0.39 is 6.04 Å². The molecule has 2 rings (SSSR count). The highest BCUT2D eigenvalue weighted by Gasteiger charge is 2.22. The summed E-state index contributed by atoms with van der Waals surface area (Å²) in [5.41, 5.74) is 8.45. The van der Waals surface area contributed by atoms with Crippen molar-refractivity contribution in [3.05, 3.63) is 35.4 Å². The Morgan fingerprint density at radius 2 is 2.10 bits per heavy atom. The van der Waals surface area contributed by atoms with Gasteiger partial charge in [0.25, 0.3) is 0 Å². The van der Waals surface area contributed by atoms with Crippen molar-refractivity contribution in [1.82, 2.24) is 10.2 Å². The van der Waals surface area contributed by atoms with Gasteiger partial charge in [-0.25, -0.2) is 0 Å². The number of nitrogens with one attached hydrogen (secondary N) is 1. The van der Waals surface area contributed by atoms with Crippen LogP contribution in [0.3, 0.4) is 0 Å². The highest BCUT2D eigenvalue weighted by atomic mass is 16.2. The minimum absolute atomic E-state index is 0.0686. The molecule has 0 aliphatic carbocycles. The van der Waals surface area contributed by atoms with Crippen LogP contribution in [0.15, 0.2) is 24.3 Å². The molecule has 3 N–H and O–H groups in total. The molecule has 0 aromatic heterocycles. The van der Waals surface area contributed by atoms with Gasteiger partial charge >= 0.3 is 0 Å². The van der Waals surface area contributed by atoms with Crippen LogP contribution < -0.4 is 11.1 Å². The number of carbonyl (C=O) groups is 1. The maximum Gasteiger partial charge on any atom is 0.236 e. The number of nitrogens with two attached hydrogens (primary N) is 1. The Labute approximate surface area is 121 Å². The van der Waals surface area contributed by atoms with E-state index in [2.05, 4.69) is 41.4 Å². The summed E-state index contributed by atoms with van der Waals surface area (Å²) in [6.45, 7) is 6.60. The van der Waals surface area contributed by atoms with Gasteiger partial charge in [0.05, 0.1) is 6.04 Å². The van der Waals surface area contributed by atoms with E-state index in [4.69, 9.17) is 5.73 Å². The van der Waals surface area contributed by atoms with Crippen LogP contribution in [0.1, 0.15) is 31.4 Å². The van der Waals surface area contributed by atoms with E-state index in [0.29, 0.717) is 12.6 Å². The molecular weight excluding hydrogens is 250 g/mol. The molecule has 2 atom stereocenters. The first-order valence-electron chi connectivity index (χ1n) is 7.46. The number of rotatable bonds is 5. The number of benzene rings is 1. The molecule has 1 aromatic rings. The average Bonchev–Trinajstić information content (AvgIpc) is 2.47. The van der Waals surface area contributed by atoms with Gasteiger partial charge in [-0.15, -0.1) is 0 Å². The minimum Gasteiger partial charge on any atom is -0.353 e. The Bertz CT molecular complexity index is 459. The van der Waals surface area contributed by atoms with Crippen LogP contribution in [-0.4, -0.2) is 36.0 Å². The van der Waals surface area contributed by atoms with Crippen LogP contribution in [0.2, 0.25) is 0 Å². The number of fused-ring (bicyclic) bond motifs is 1. The molecule has 1 unspecified atom stereocenters. The zero-order valence-electron chi connectivity index (χ0n) is 12.4. The number of nitrogens with zero attached hydrogens (tertiary/aromatic N) is 1. The summed E-state index contributed by atoms with van der Waals surface area (Å²) in [5, 5.41) is 2.95. The number of amides is 1. The highest BCUT2D eigenvalue weighted by molar-refractivity contribution is 5.80.